The van der Waals surface area contributed by atoms with Crippen molar-refractivity contribution in [3.8, 4) is 0 Å². The molecule has 2 N–H and O–H groups in total. The summed E-state index contributed by atoms with van der Waals surface area (Å²) < 4.78 is 0.959. The first-order valence-corrected chi connectivity index (χ1v) is 5.29. The van der Waals surface area contributed by atoms with E-state index >= 15 is 0 Å². The smallest absolute Gasteiger partial charge is 0.0912 e. The Balaban J connectivity index is 2.52. The van der Waals surface area contributed by atoms with Crippen LogP contribution in [0, 0.1) is 0 Å². The monoisotopic (exact) mass is 257 g/mol. The second-order valence-electron chi connectivity index (χ2n) is 3.66. The van der Waals surface area contributed by atoms with Gasteiger partial charge in [-0.25, -0.2) is 0 Å². The van der Waals surface area contributed by atoms with Gasteiger partial charge in [0.2, 0.25) is 0 Å². The van der Waals surface area contributed by atoms with Crippen molar-refractivity contribution in [2.24, 2.45) is 0 Å². The minimum absolute atomic E-state index is 0.499. The Kier molecular flexibility index (Phi) is 2.51. The molecule has 0 saturated carbocycles. The predicted octanol–water partition coefficient (Wildman–Crippen LogP) is 2.40. The summed E-state index contributed by atoms with van der Waals surface area (Å²) in [4.78, 5) is 5.17. The molecule has 0 aromatic heterocycles. The van der Waals surface area contributed by atoms with Crippen LogP contribution in [0.3, 0.4) is 0 Å². The average molecular weight is 258 g/mol. The second kappa shape index (κ2) is 3.53. The second-order valence-corrected chi connectivity index (χ2v) is 4.58. The van der Waals surface area contributed by atoms with Crippen LogP contribution in [0.4, 0.5) is 5.69 Å². The molecule has 0 amide bonds. The van der Waals surface area contributed by atoms with Gasteiger partial charge in [0.1, 0.15) is 0 Å². The molecular weight excluding hydrogens is 246 g/mol. The molecule has 0 saturated heterocycles. The minimum atomic E-state index is -0.831. The maximum absolute atomic E-state index is 10.2. The summed E-state index contributed by atoms with van der Waals surface area (Å²) in [5.41, 5.74) is 3.69. The molecule has 0 fully saturated rings. The van der Waals surface area contributed by atoms with Gasteiger partial charge in [0.15, 0.2) is 0 Å². The van der Waals surface area contributed by atoms with Gasteiger partial charge in [-0.1, -0.05) is 15.9 Å². The maximum Gasteiger partial charge on any atom is 0.0912 e. The lowest BCUT2D eigenvalue weighted by Gasteiger charge is -2.22. The van der Waals surface area contributed by atoms with E-state index in [4.69, 9.17) is 4.84 Å². The van der Waals surface area contributed by atoms with Crippen molar-refractivity contribution < 1.29 is 9.94 Å². The molecule has 1 unspecified atom stereocenters. The fraction of sp³-hybridized carbons (Fsp3) is 0.400. The number of rotatable bonds is 0. The third kappa shape index (κ3) is 1.78. The van der Waals surface area contributed by atoms with Crippen molar-refractivity contribution in [3.05, 3.63) is 28.2 Å². The van der Waals surface area contributed by atoms with E-state index in [2.05, 4.69) is 21.4 Å². The third-order valence-electron chi connectivity index (χ3n) is 2.43. The summed E-state index contributed by atoms with van der Waals surface area (Å²) in [6.45, 7) is 2.30. The number of anilines is 1. The van der Waals surface area contributed by atoms with Gasteiger partial charge in [-0.2, -0.15) is 0 Å². The number of hydrogen-bond acceptors (Lipinski definition) is 3. The highest BCUT2D eigenvalue weighted by Gasteiger charge is 2.28. The van der Waals surface area contributed by atoms with Gasteiger partial charge in [-0.3, -0.25) is 10.3 Å². The normalized spacial score (nSPS) is 26.2. The third-order valence-corrected chi connectivity index (χ3v) is 2.93. The Morgan fingerprint density at radius 3 is 3.14 bits per heavy atom. The van der Waals surface area contributed by atoms with Gasteiger partial charge in [0.05, 0.1) is 17.9 Å². The molecule has 4 heteroatoms. The lowest BCUT2D eigenvalue weighted by Crippen LogP contribution is -2.21. The zero-order valence-electron chi connectivity index (χ0n) is 7.88. The molecule has 76 valence electrons. The van der Waals surface area contributed by atoms with E-state index in [-0.39, 0.29) is 0 Å². The Hall–Kier alpha value is -0.580. The summed E-state index contributed by atoms with van der Waals surface area (Å²) in [7, 11) is 0. The number of hydrogen-bond donors (Lipinski definition) is 2. The molecule has 14 heavy (non-hydrogen) atoms. The highest BCUT2D eigenvalue weighted by Crippen LogP contribution is 2.34. The van der Waals surface area contributed by atoms with Crippen LogP contribution < -0.4 is 5.48 Å². The van der Waals surface area contributed by atoms with E-state index in [1.165, 1.54) is 0 Å². The summed E-state index contributed by atoms with van der Waals surface area (Å²) in [5.74, 6) is 0. The topological polar surface area (TPSA) is 41.5 Å². The van der Waals surface area contributed by atoms with Crippen LogP contribution in [-0.2, 0) is 10.4 Å². The largest absolute Gasteiger partial charge is 0.385 e. The summed E-state index contributed by atoms with van der Waals surface area (Å²) in [6, 6.07) is 5.72. The van der Waals surface area contributed by atoms with Gasteiger partial charge in [-0.05, 0) is 25.1 Å². The number of fused-ring (bicyclic) bond motifs is 1. The van der Waals surface area contributed by atoms with Crippen LogP contribution in [0.25, 0.3) is 0 Å². The standard InChI is InChI=1S/C10H12BrNO2/c1-10(13)4-5-14-12-9-3-2-7(11)6-8(9)10/h2-3,6,12-13H,4-5H2,1H3. The van der Waals surface area contributed by atoms with E-state index in [0.29, 0.717) is 13.0 Å². The summed E-state index contributed by atoms with van der Waals surface area (Å²) in [6.07, 6.45) is 0.587. The minimum Gasteiger partial charge on any atom is -0.385 e. The van der Waals surface area contributed by atoms with Crippen molar-refractivity contribution in [1.29, 1.82) is 0 Å². The molecular formula is C10H12BrNO2. The van der Waals surface area contributed by atoms with Crippen molar-refractivity contribution in [3.63, 3.8) is 0 Å². The number of benzene rings is 1. The highest BCUT2D eigenvalue weighted by atomic mass is 79.9. The summed E-state index contributed by atoms with van der Waals surface area (Å²) >= 11 is 3.39. The van der Waals surface area contributed by atoms with E-state index < -0.39 is 5.60 Å². The Morgan fingerprint density at radius 1 is 1.57 bits per heavy atom. The van der Waals surface area contributed by atoms with Crippen molar-refractivity contribution in [1.82, 2.24) is 0 Å². The molecule has 3 nitrogen and oxygen atoms in total. The van der Waals surface area contributed by atoms with Gasteiger partial charge in [0.25, 0.3) is 0 Å². The average Bonchev–Trinajstić information content (AvgIpc) is 2.26. The highest BCUT2D eigenvalue weighted by molar-refractivity contribution is 9.10. The molecule has 1 aliphatic heterocycles. The Bertz CT molecular complexity index is 352. The fourth-order valence-electron chi connectivity index (χ4n) is 1.56. The van der Waals surface area contributed by atoms with Crippen LogP contribution in [0.2, 0.25) is 0 Å². The van der Waals surface area contributed by atoms with Crippen molar-refractivity contribution in [2.75, 3.05) is 12.1 Å². The van der Waals surface area contributed by atoms with E-state index in [1.54, 1.807) is 6.92 Å². The van der Waals surface area contributed by atoms with Crippen LogP contribution in [-0.4, -0.2) is 11.7 Å². The predicted molar refractivity (Wildman–Crippen MR) is 57.9 cm³/mol. The van der Waals surface area contributed by atoms with Crippen LogP contribution in [0.15, 0.2) is 22.7 Å². The van der Waals surface area contributed by atoms with Crippen LogP contribution in [0.1, 0.15) is 18.9 Å². The van der Waals surface area contributed by atoms with E-state index in [1.807, 2.05) is 18.2 Å². The van der Waals surface area contributed by atoms with Crippen molar-refractivity contribution >= 4 is 21.6 Å². The molecule has 0 aliphatic carbocycles. The molecule has 1 atom stereocenters. The SMILES string of the molecule is CC1(O)CCONc2ccc(Br)cc21. The number of aliphatic hydroxyl groups is 1. The van der Waals surface area contributed by atoms with Crippen LogP contribution in [0.5, 0.6) is 0 Å². The van der Waals surface area contributed by atoms with Gasteiger partial charge in [0, 0.05) is 16.5 Å². The molecule has 1 aliphatic rings. The zero-order chi connectivity index (χ0) is 10.2. The molecule has 1 aromatic carbocycles. The first kappa shape index (κ1) is 9.96. The van der Waals surface area contributed by atoms with Crippen LogP contribution >= 0.6 is 15.9 Å². The lowest BCUT2D eigenvalue weighted by atomic mass is 9.92. The first-order valence-electron chi connectivity index (χ1n) is 4.50. The van der Waals surface area contributed by atoms with E-state index in [9.17, 15) is 5.11 Å². The zero-order valence-corrected chi connectivity index (χ0v) is 9.47. The Labute approximate surface area is 91.2 Å². The summed E-state index contributed by atoms with van der Waals surface area (Å²) in [5, 5.41) is 10.2. The molecule has 0 spiro atoms. The molecule has 1 heterocycles. The quantitative estimate of drug-likeness (QED) is 0.750. The number of halogens is 1. The lowest BCUT2D eigenvalue weighted by molar-refractivity contribution is 0.0296. The molecule has 0 radical (unpaired) electrons. The molecule has 2 rings (SSSR count). The van der Waals surface area contributed by atoms with Crippen molar-refractivity contribution in [2.45, 2.75) is 18.9 Å². The molecule has 0 bridgehead atoms. The van der Waals surface area contributed by atoms with Gasteiger partial charge < -0.3 is 5.11 Å². The first-order chi connectivity index (χ1) is 6.59. The van der Waals surface area contributed by atoms with E-state index in [0.717, 1.165) is 15.7 Å². The Morgan fingerprint density at radius 2 is 2.36 bits per heavy atom. The van der Waals surface area contributed by atoms with Gasteiger partial charge >= 0.3 is 0 Å². The number of nitrogens with one attached hydrogen (secondary N) is 1. The fourth-order valence-corrected chi connectivity index (χ4v) is 1.93. The molecule has 1 aromatic rings. The maximum atomic E-state index is 10.2. The van der Waals surface area contributed by atoms with Gasteiger partial charge in [-0.15, -0.1) is 0 Å².